The quantitative estimate of drug-likeness (QED) is 0.707. The maximum absolute atomic E-state index is 5.85. The van der Waals surface area contributed by atoms with Gasteiger partial charge in [-0.25, -0.2) is 9.97 Å². The zero-order valence-corrected chi connectivity index (χ0v) is 9.11. The van der Waals surface area contributed by atoms with Crippen molar-refractivity contribution in [3.63, 3.8) is 0 Å². The molecule has 0 saturated carbocycles. The molecule has 4 heteroatoms. The van der Waals surface area contributed by atoms with E-state index in [9.17, 15) is 0 Å². The largest absolute Gasteiger partial charge is 0.365 e. The summed E-state index contributed by atoms with van der Waals surface area (Å²) in [6, 6.07) is 0. The summed E-state index contributed by atoms with van der Waals surface area (Å²) >= 11 is 5.85. The van der Waals surface area contributed by atoms with Crippen molar-refractivity contribution >= 4 is 17.4 Å². The summed E-state index contributed by atoms with van der Waals surface area (Å²) in [6.07, 6.45) is 1.46. The summed E-state index contributed by atoms with van der Waals surface area (Å²) in [7, 11) is 0. The van der Waals surface area contributed by atoms with Gasteiger partial charge in [0.2, 0.25) is 0 Å². The first-order valence-corrected chi connectivity index (χ1v) is 4.53. The topological polar surface area (TPSA) is 37.8 Å². The van der Waals surface area contributed by atoms with E-state index in [0.29, 0.717) is 5.15 Å². The molecule has 0 fully saturated rings. The first-order valence-electron chi connectivity index (χ1n) is 4.15. The molecule has 0 bridgehead atoms. The molecule has 1 heterocycles. The van der Waals surface area contributed by atoms with Crippen LogP contribution >= 0.6 is 11.6 Å². The van der Waals surface area contributed by atoms with E-state index in [2.05, 4.69) is 36.1 Å². The van der Waals surface area contributed by atoms with Crippen LogP contribution in [0.15, 0.2) is 6.33 Å². The Hall–Kier alpha value is -0.830. The Bertz CT molecular complexity index is 304. The fraction of sp³-hybridized carbons (Fsp3) is 0.556. The average molecular weight is 200 g/mol. The minimum Gasteiger partial charge on any atom is -0.365 e. The molecule has 3 nitrogen and oxygen atoms in total. The van der Waals surface area contributed by atoms with Gasteiger partial charge in [0.15, 0.2) is 0 Å². The summed E-state index contributed by atoms with van der Waals surface area (Å²) in [5, 5.41) is 3.76. The molecule has 13 heavy (non-hydrogen) atoms. The van der Waals surface area contributed by atoms with Crippen molar-refractivity contribution in [3.8, 4) is 0 Å². The Morgan fingerprint density at radius 3 is 2.46 bits per heavy atom. The van der Waals surface area contributed by atoms with Gasteiger partial charge in [-0.3, -0.25) is 0 Å². The molecular weight excluding hydrogens is 186 g/mol. The van der Waals surface area contributed by atoms with Crippen molar-refractivity contribution < 1.29 is 0 Å². The lowest BCUT2D eigenvalue weighted by molar-refractivity contribution is 0.629. The van der Waals surface area contributed by atoms with Crippen molar-refractivity contribution in [1.82, 2.24) is 9.97 Å². The molecule has 0 atom stereocenters. The van der Waals surface area contributed by atoms with Gasteiger partial charge >= 0.3 is 0 Å². The van der Waals surface area contributed by atoms with E-state index in [-0.39, 0.29) is 5.54 Å². The average Bonchev–Trinajstić information content (AvgIpc) is 1.96. The fourth-order valence-corrected chi connectivity index (χ4v) is 1.04. The van der Waals surface area contributed by atoms with Crippen LogP contribution in [-0.2, 0) is 0 Å². The fourth-order valence-electron chi connectivity index (χ4n) is 0.910. The molecule has 0 amide bonds. The lowest BCUT2D eigenvalue weighted by Gasteiger charge is -2.22. The third-order valence-corrected chi connectivity index (χ3v) is 1.90. The lowest BCUT2D eigenvalue weighted by Crippen LogP contribution is -2.27. The Labute approximate surface area is 83.5 Å². The van der Waals surface area contributed by atoms with Crippen LogP contribution < -0.4 is 5.32 Å². The maximum atomic E-state index is 5.85. The molecule has 0 aliphatic carbocycles. The van der Waals surface area contributed by atoms with Gasteiger partial charge in [-0.05, 0) is 27.7 Å². The summed E-state index contributed by atoms with van der Waals surface area (Å²) in [5.74, 6) is 0.799. The first-order chi connectivity index (χ1) is 5.90. The van der Waals surface area contributed by atoms with E-state index in [4.69, 9.17) is 11.6 Å². The van der Waals surface area contributed by atoms with Crippen LogP contribution in [0.2, 0.25) is 5.15 Å². The Morgan fingerprint density at radius 2 is 1.92 bits per heavy atom. The number of hydrogen-bond donors (Lipinski definition) is 1. The van der Waals surface area contributed by atoms with Crippen LogP contribution in [0.3, 0.4) is 0 Å². The van der Waals surface area contributed by atoms with Gasteiger partial charge in [-0.2, -0.15) is 0 Å². The SMILES string of the molecule is Cc1c(Cl)ncnc1NC(C)(C)C. The second-order valence-electron chi connectivity index (χ2n) is 4.01. The molecule has 0 radical (unpaired) electrons. The standard InChI is InChI=1S/C9H14ClN3/c1-6-7(10)11-5-12-8(6)13-9(2,3)4/h5H,1-4H3,(H,11,12,13). The highest BCUT2D eigenvalue weighted by atomic mass is 35.5. The second-order valence-corrected chi connectivity index (χ2v) is 4.37. The number of rotatable bonds is 1. The predicted molar refractivity (Wildman–Crippen MR) is 55.2 cm³/mol. The highest BCUT2D eigenvalue weighted by Crippen LogP contribution is 2.20. The highest BCUT2D eigenvalue weighted by molar-refractivity contribution is 6.30. The smallest absolute Gasteiger partial charge is 0.137 e. The minimum atomic E-state index is -0.0115. The highest BCUT2D eigenvalue weighted by Gasteiger charge is 2.13. The molecule has 0 spiro atoms. The van der Waals surface area contributed by atoms with Crippen LogP contribution in [-0.4, -0.2) is 15.5 Å². The van der Waals surface area contributed by atoms with E-state index in [1.54, 1.807) is 0 Å². The third-order valence-electron chi connectivity index (χ3n) is 1.52. The van der Waals surface area contributed by atoms with Crippen molar-refractivity contribution in [2.75, 3.05) is 5.32 Å². The summed E-state index contributed by atoms with van der Waals surface area (Å²) in [4.78, 5) is 8.00. The number of aromatic nitrogens is 2. The molecule has 0 aliphatic heterocycles. The van der Waals surface area contributed by atoms with Crippen LogP contribution in [0.4, 0.5) is 5.82 Å². The number of nitrogens with one attached hydrogen (secondary N) is 1. The van der Waals surface area contributed by atoms with Crippen LogP contribution in [0.5, 0.6) is 0 Å². The van der Waals surface area contributed by atoms with Gasteiger partial charge in [-0.15, -0.1) is 0 Å². The molecular formula is C9H14ClN3. The van der Waals surface area contributed by atoms with E-state index >= 15 is 0 Å². The zero-order valence-electron chi connectivity index (χ0n) is 8.35. The number of halogens is 1. The Kier molecular flexibility index (Phi) is 2.76. The Balaban J connectivity index is 2.96. The van der Waals surface area contributed by atoms with Gasteiger partial charge in [0.25, 0.3) is 0 Å². The van der Waals surface area contributed by atoms with Gasteiger partial charge < -0.3 is 5.32 Å². The monoisotopic (exact) mass is 199 g/mol. The van der Waals surface area contributed by atoms with Crippen molar-refractivity contribution in [1.29, 1.82) is 0 Å². The molecule has 0 unspecified atom stereocenters. The predicted octanol–water partition coefficient (Wildman–Crippen LogP) is 2.65. The summed E-state index contributed by atoms with van der Waals surface area (Å²) in [5.41, 5.74) is 0.877. The van der Waals surface area contributed by atoms with Gasteiger partial charge in [0, 0.05) is 11.1 Å². The summed E-state index contributed by atoms with van der Waals surface area (Å²) in [6.45, 7) is 8.11. The zero-order chi connectivity index (χ0) is 10.1. The molecule has 0 aromatic carbocycles. The van der Waals surface area contributed by atoms with E-state index in [1.165, 1.54) is 6.33 Å². The van der Waals surface area contributed by atoms with Crippen LogP contribution in [0.25, 0.3) is 0 Å². The van der Waals surface area contributed by atoms with Crippen molar-refractivity contribution in [2.24, 2.45) is 0 Å². The number of nitrogens with zero attached hydrogens (tertiary/aromatic N) is 2. The molecule has 1 aromatic heterocycles. The first kappa shape index (κ1) is 10.3. The molecule has 1 aromatic rings. The van der Waals surface area contributed by atoms with Gasteiger partial charge in [0.1, 0.15) is 17.3 Å². The molecule has 1 N–H and O–H groups in total. The summed E-state index contributed by atoms with van der Waals surface area (Å²) < 4.78 is 0. The molecule has 1 rings (SSSR count). The molecule has 72 valence electrons. The van der Waals surface area contributed by atoms with Gasteiger partial charge in [-0.1, -0.05) is 11.6 Å². The van der Waals surface area contributed by atoms with Crippen molar-refractivity contribution in [3.05, 3.63) is 17.0 Å². The number of anilines is 1. The van der Waals surface area contributed by atoms with Crippen LogP contribution in [0, 0.1) is 6.92 Å². The Morgan fingerprint density at radius 1 is 1.31 bits per heavy atom. The maximum Gasteiger partial charge on any atom is 0.137 e. The lowest BCUT2D eigenvalue weighted by atomic mass is 10.1. The van der Waals surface area contributed by atoms with Gasteiger partial charge in [0.05, 0.1) is 0 Å². The number of hydrogen-bond acceptors (Lipinski definition) is 3. The van der Waals surface area contributed by atoms with E-state index < -0.39 is 0 Å². The van der Waals surface area contributed by atoms with E-state index in [1.807, 2.05) is 6.92 Å². The second kappa shape index (κ2) is 3.50. The third kappa shape index (κ3) is 2.84. The van der Waals surface area contributed by atoms with E-state index in [0.717, 1.165) is 11.4 Å². The minimum absolute atomic E-state index is 0.0115. The van der Waals surface area contributed by atoms with Crippen molar-refractivity contribution in [2.45, 2.75) is 33.2 Å². The molecule has 0 saturated heterocycles. The molecule has 0 aliphatic rings. The normalized spacial score (nSPS) is 11.5. The van der Waals surface area contributed by atoms with Crippen LogP contribution in [0.1, 0.15) is 26.3 Å².